The van der Waals surface area contributed by atoms with Crippen LogP contribution in [0.25, 0.3) is 0 Å². The molecule has 0 saturated carbocycles. The third-order valence-electron chi connectivity index (χ3n) is 6.40. The number of carbonyl (C=O) groups is 1. The Kier molecular flexibility index (Phi) is 15.3. The van der Waals surface area contributed by atoms with E-state index in [1.54, 1.807) is 0 Å². The lowest BCUT2D eigenvalue weighted by Gasteiger charge is -2.15. The Bertz CT molecular complexity index is 1010. The zero-order valence-electron chi connectivity index (χ0n) is 23.8. The van der Waals surface area contributed by atoms with Gasteiger partial charge in [-0.15, -0.1) is 0 Å². The minimum Gasteiger partial charge on any atom is -0.508 e. The summed E-state index contributed by atoms with van der Waals surface area (Å²) in [6, 6.07) is 4.10. The monoisotopic (exact) mass is 508 g/mol. The van der Waals surface area contributed by atoms with Gasteiger partial charge in [0.15, 0.2) is 5.78 Å². The van der Waals surface area contributed by atoms with E-state index in [0.717, 1.165) is 44.1 Å². The lowest BCUT2D eigenvalue weighted by atomic mass is 9.89. The first-order valence-electron chi connectivity index (χ1n) is 13.5. The summed E-state index contributed by atoms with van der Waals surface area (Å²) in [6.45, 7) is 12.6. The number of benzene rings is 1. The number of Topliss-reactive ketones (excluding diaryl/α,β-unsaturated/α-hetero) is 1. The standard InChI is InChI=1S/C33H48O4/c1-24(2)10-7-12-26(5)13-9-14-27(6)16-18-29(19-17-28(23-34)15-8-11-25(3)4)33(37)31-21-20-30(35)22-32(31)36/h10-11,13,16-17,20-22,29,34-36H,7-9,12,14-15,18-19,23H2,1-6H3. The Balaban J connectivity index is 2.94. The van der Waals surface area contributed by atoms with E-state index in [2.05, 4.69) is 65.8 Å². The van der Waals surface area contributed by atoms with Crippen molar-refractivity contribution in [2.45, 2.75) is 92.9 Å². The van der Waals surface area contributed by atoms with E-state index in [0.29, 0.717) is 12.8 Å². The molecule has 37 heavy (non-hydrogen) atoms. The van der Waals surface area contributed by atoms with Gasteiger partial charge in [0, 0.05) is 12.0 Å². The largest absolute Gasteiger partial charge is 0.508 e. The Hall–Kier alpha value is -2.85. The molecule has 1 rings (SSSR count). The molecule has 4 heteroatoms. The van der Waals surface area contributed by atoms with Crippen molar-refractivity contribution in [2.75, 3.05) is 6.61 Å². The molecule has 0 aliphatic carbocycles. The van der Waals surface area contributed by atoms with E-state index in [-0.39, 0.29) is 35.4 Å². The van der Waals surface area contributed by atoms with Crippen LogP contribution in [0.4, 0.5) is 0 Å². The van der Waals surface area contributed by atoms with Crippen LogP contribution in [0, 0.1) is 5.92 Å². The fourth-order valence-corrected chi connectivity index (χ4v) is 4.04. The maximum Gasteiger partial charge on any atom is 0.170 e. The van der Waals surface area contributed by atoms with Crippen molar-refractivity contribution < 1.29 is 20.1 Å². The van der Waals surface area contributed by atoms with Gasteiger partial charge in [-0.3, -0.25) is 4.79 Å². The molecular weight excluding hydrogens is 460 g/mol. The fourth-order valence-electron chi connectivity index (χ4n) is 4.04. The molecule has 1 atom stereocenters. The van der Waals surface area contributed by atoms with Crippen LogP contribution in [0.1, 0.15) is 103 Å². The Morgan fingerprint density at radius 3 is 1.86 bits per heavy atom. The molecule has 0 fully saturated rings. The minimum absolute atomic E-state index is 0.0316. The van der Waals surface area contributed by atoms with Crippen molar-refractivity contribution in [3.05, 3.63) is 82.0 Å². The van der Waals surface area contributed by atoms with Gasteiger partial charge in [0.1, 0.15) is 11.5 Å². The number of allylic oxidation sites excluding steroid dienone is 9. The molecule has 0 saturated heterocycles. The second kappa shape index (κ2) is 17.6. The first-order valence-corrected chi connectivity index (χ1v) is 13.5. The Labute approximate surface area is 224 Å². The maximum absolute atomic E-state index is 13.4. The van der Waals surface area contributed by atoms with E-state index in [4.69, 9.17) is 0 Å². The van der Waals surface area contributed by atoms with E-state index in [1.807, 2.05) is 6.08 Å². The summed E-state index contributed by atoms with van der Waals surface area (Å²) in [5.41, 5.74) is 6.36. The van der Waals surface area contributed by atoms with Crippen LogP contribution >= 0.6 is 0 Å². The normalized spacial score (nSPS) is 13.3. The number of aromatic hydroxyl groups is 2. The van der Waals surface area contributed by atoms with Crippen molar-refractivity contribution in [2.24, 2.45) is 5.92 Å². The average Bonchev–Trinajstić information content (AvgIpc) is 2.82. The van der Waals surface area contributed by atoms with Crippen molar-refractivity contribution in [1.82, 2.24) is 0 Å². The highest BCUT2D eigenvalue weighted by molar-refractivity contribution is 6.00. The average molecular weight is 509 g/mol. The zero-order valence-corrected chi connectivity index (χ0v) is 23.8. The van der Waals surface area contributed by atoms with Gasteiger partial charge in [-0.1, -0.05) is 52.7 Å². The van der Waals surface area contributed by atoms with Gasteiger partial charge in [0.05, 0.1) is 12.2 Å². The van der Waals surface area contributed by atoms with E-state index >= 15 is 0 Å². The van der Waals surface area contributed by atoms with E-state index < -0.39 is 0 Å². The maximum atomic E-state index is 13.4. The molecule has 0 aromatic heterocycles. The summed E-state index contributed by atoms with van der Waals surface area (Å²) in [4.78, 5) is 13.4. The highest BCUT2D eigenvalue weighted by atomic mass is 16.3. The van der Waals surface area contributed by atoms with Crippen molar-refractivity contribution >= 4 is 5.78 Å². The van der Waals surface area contributed by atoms with Gasteiger partial charge >= 0.3 is 0 Å². The quantitative estimate of drug-likeness (QED) is 0.154. The first kappa shape index (κ1) is 32.2. The van der Waals surface area contributed by atoms with Crippen LogP contribution in [0.3, 0.4) is 0 Å². The number of aliphatic hydroxyl groups excluding tert-OH is 1. The molecule has 0 spiro atoms. The number of ketones is 1. The number of phenols is 2. The number of hydrogen-bond acceptors (Lipinski definition) is 4. The molecule has 0 bridgehead atoms. The summed E-state index contributed by atoms with van der Waals surface area (Å²) < 4.78 is 0. The van der Waals surface area contributed by atoms with Crippen LogP contribution < -0.4 is 0 Å². The molecule has 0 aliphatic rings. The molecule has 1 aromatic rings. The van der Waals surface area contributed by atoms with Gasteiger partial charge in [0.25, 0.3) is 0 Å². The number of carbonyl (C=O) groups excluding carboxylic acids is 1. The van der Waals surface area contributed by atoms with Crippen molar-refractivity contribution in [3.8, 4) is 11.5 Å². The SMILES string of the molecule is CC(C)=CCCC(C)=CCCC(C)=CCC(CC=C(CO)CCC=C(C)C)C(=O)c1ccc(O)cc1O. The van der Waals surface area contributed by atoms with Gasteiger partial charge in [0.2, 0.25) is 0 Å². The molecule has 0 heterocycles. The summed E-state index contributed by atoms with van der Waals surface area (Å²) in [6.07, 6.45) is 17.5. The summed E-state index contributed by atoms with van der Waals surface area (Å²) in [5.74, 6) is -0.808. The van der Waals surface area contributed by atoms with E-state index in [1.165, 1.54) is 40.5 Å². The summed E-state index contributed by atoms with van der Waals surface area (Å²) >= 11 is 0. The number of aliphatic hydroxyl groups is 1. The predicted molar refractivity (Wildman–Crippen MR) is 156 cm³/mol. The van der Waals surface area contributed by atoms with Crippen LogP contribution in [-0.4, -0.2) is 27.7 Å². The summed E-state index contributed by atoms with van der Waals surface area (Å²) in [5, 5.41) is 29.7. The molecule has 1 aromatic carbocycles. The van der Waals surface area contributed by atoms with Gasteiger partial charge in [-0.05, 0) is 111 Å². The van der Waals surface area contributed by atoms with Crippen LogP contribution in [-0.2, 0) is 0 Å². The molecular formula is C33H48O4. The Morgan fingerprint density at radius 2 is 1.30 bits per heavy atom. The molecule has 0 radical (unpaired) electrons. The smallest absolute Gasteiger partial charge is 0.170 e. The van der Waals surface area contributed by atoms with Crippen molar-refractivity contribution in [1.29, 1.82) is 0 Å². The van der Waals surface area contributed by atoms with Crippen molar-refractivity contribution in [3.63, 3.8) is 0 Å². The van der Waals surface area contributed by atoms with E-state index in [9.17, 15) is 20.1 Å². The molecule has 4 nitrogen and oxygen atoms in total. The minimum atomic E-state index is -0.364. The second-order valence-corrected chi connectivity index (χ2v) is 10.5. The topological polar surface area (TPSA) is 77.8 Å². The Morgan fingerprint density at radius 1 is 0.757 bits per heavy atom. The third-order valence-corrected chi connectivity index (χ3v) is 6.40. The third kappa shape index (κ3) is 13.9. The summed E-state index contributed by atoms with van der Waals surface area (Å²) in [7, 11) is 0. The number of phenolic OH excluding ortho intramolecular Hbond substituents is 2. The van der Waals surface area contributed by atoms with Gasteiger partial charge < -0.3 is 15.3 Å². The molecule has 3 N–H and O–H groups in total. The zero-order chi connectivity index (χ0) is 27.8. The molecule has 0 amide bonds. The fraction of sp³-hybridized carbons (Fsp3) is 0.485. The lowest BCUT2D eigenvalue weighted by molar-refractivity contribution is 0.0918. The highest BCUT2D eigenvalue weighted by Crippen LogP contribution is 2.28. The van der Waals surface area contributed by atoms with Crippen LogP contribution in [0.5, 0.6) is 11.5 Å². The molecule has 0 aliphatic heterocycles. The molecule has 204 valence electrons. The second-order valence-electron chi connectivity index (χ2n) is 10.5. The number of hydrogen-bond donors (Lipinski definition) is 3. The first-order chi connectivity index (χ1) is 17.5. The van der Waals surface area contributed by atoms with Crippen LogP contribution in [0.15, 0.2) is 76.4 Å². The van der Waals surface area contributed by atoms with Crippen LogP contribution in [0.2, 0.25) is 0 Å². The lowest BCUT2D eigenvalue weighted by Crippen LogP contribution is -2.14. The number of rotatable bonds is 16. The predicted octanol–water partition coefficient (Wildman–Crippen LogP) is 8.76. The van der Waals surface area contributed by atoms with Gasteiger partial charge in [-0.25, -0.2) is 0 Å². The van der Waals surface area contributed by atoms with Gasteiger partial charge in [-0.2, -0.15) is 0 Å². The molecule has 1 unspecified atom stereocenters. The highest BCUT2D eigenvalue weighted by Gasteiger charge is 2.21.